The smallest absolute Gasteiger partial charge is 0.311 e. The summed E-state index contributed by atoms with van der Waals surface area (Å²) in [6, 6.07) is 0. The number of hydrogen-bond donors (Lipinski definition) is 1. The summed E-state index contributed by atoms with van der Waals surface area (Å²) in [4.78, 5) is 22.3. The van der Waals surface area contributed by atoms with Gasteiger partial charge in [0.05, 0.1) is 32.2 Å². The first-order valence-electron chi connectivity index (χ1n) is 4.93. The van der Waals surface area contributed by atoms with E-state index in [2.05, 4.69) is 4.74 Å². The van der Waals surface area contributed by atoms with Gasteiger partial charge >= 0.3 is 11.9 Å². The third-order valence-corrected chi connectivity index (χ3v) is 2.08. The third kappa shape index (κ3) is 5.37. The number of aliphatic hydroxyl groups excluding tert-OH is 1. The summed E-state index contributed by atoms with van der Waals surface area (Å²) in [5.74, 6) is -1.92. The molecule has 0 bridgehead atoms. The third-order valence-electron chi connectivity index (χ3n) is 2.08. The topological polar surface area (TPSA) is 72.8 Å². The Bertz CT molecular complexity index is 214. The molecule has 0 aliphatic rings. The average molecular weight is 218 g/mol. The summed E-state index contributed by atoms with van der Waals surface area (Å²) in [6.07, 6.45) is 0.399. The van der Waals surface area contributed by atoms with E-state index in [1.165, 1.54) is 7.11 Å². The average Bonchev–Trinajstić information content (AvgIpc) is 2.24. The van der Waals surface area contributed by atoms with Gasteiger partial charge in [-0.2, -0.15) is 0 Å². The van der Waals surface area contributed by atoms with E-state index in [0.717, 1.165) is 0 Å². The van der Waals surface area contributed by atoms with Crippen LogP contribution in [0.4, 0.5) is 0 Å². The summed E-state index contributed by atoms with van der Waals surface area (Å²) in [5.41, 5.74) is 0. The summed E-state index contributed by atoms with van der Waals surface area (Å²) in [5, 5.41) is 8.86. The molecule has 0 aromatic heterocycles. The molecule has 0 aromatic carbocycles. The quantitative estimate of drug-likeness (QED) is 0.657. The molecule has 0 amide bonds. The van der Waals surface area contributed by atoms with Crippen LogP contribution >= 0.6 is 0 Å². The standard InChI is InChI=1S/C10H18O5/c1-4-7(2)15-9(12)5-8(6-11)10(13)14-3/h7-8,11H,4-6H2,1-3H3. The second-order valence-corrected chi connectivity index (χ2v) is 3.32. The van der Waals surface area contributed by atoms with Crippen molar-refractivity contribution in [1.82, 2.24) is 0 Å². The predicted molar refractivity (Wildman–Crippen MR) is 53.1 cm³/mol. The Hall–Kier alpha value is -1.10. The van der Waals surface area contributed by atoms with Gasteiger partial charge in [-0.05, 0) is 13.3 Å². The predicted octanol–water partition coefficient (Wildman–Crippen LogP) is 0.500. The van der Waals surface area contributed by atoms with Crippen LogP contribution in [0.1, 0.15) is 26.7 Å². The Morgan fingerprint density at radius 2 is 2.00 bits per heavy atom. The van der Waals surface area contributed by atoms with Crippen LogP contribution in [0.25, 0.3) is 0 Å². The molecule has 0 rings (SSSR count). The lowest BCUT2D eigenvalue weighted by atomic mass is 10.1. The first-order chi connectivity index (χ1) is 7.04. The van der Waals surface area contributed by atoms with Crippen LogP contribution in [0.5, 0.6) is 0 Å². The van der Waals surface area contributed by atoms with Gasteiger partial charge in [0.1, 0.15) is 0 Å². The van der Waals surface area contributed by atoms with E-state index in [0.29, 0.717) is 6.42 Å². The van der Waals surface area contributed by atoms with Crippen LogP contribution < -0.4 is 0 Å². The molecule has 5 nitrogen and oxygen atoms in total. The fourth-order valence-corrected chi connectivity index (χ4v) is 0.946. The van der Waals surface area contributed by atoms with E-state index in [-0.39, 0.29) is 12.5 Å². The number of carbonyl (C=O) groups is 2. The summed E-state index contributed by atoms with van der Waals surface area (Å²) < 4.78 is 9.40. The molecule has 15 heavy (non-hydrogen) atoms. The number of rotatable bonds is 6. The molecule has 0 spiro atoms. The van der Waals surface area contributed by atoms with Crippen molar-refractivity contribution in [2.24, 2.45) is 5.92 Å². The molecule has 0 saturated carbocycles. The highest BCUT2D eigenvalue weighted by Crippen LogP contribution is 2.08. The first-order valence-corrected chi connectivity index (χ1v) is 4.93. The number of aliphatic hydroxyl groups is 1. The van der Waals surface area contributed by atoms with E-state index >= 15 is 0 Å². The molecule has 1 N–H and O–H groups in total. The van der Waals surface area contributed by atoms with Crippen LogP contribution in [0.2, 0.25) is 0 Å². The molecule has 88 valence electrons. The van der Waals surface area contributed by atoms with E-state index in [4.69, 9.17) is 9.84 Å². The minimum atomic E-state index is -0.827. The molecule has 0 aromatic rings. The second-order valence-electron chi connectivity index (χ2n) is 3.32. The van der Waals surface area contributed by atoms with Crippen molar-refractivity contribution in [3.05, 3.63) is 0 Å². The summed E-state index contributed by atoms with van der Waals surface area (Å²) >= 11 is 0. The minimum Gasteiger partial charge on any atom is -0.469 e. The Kier molecular flexibility index (Phi) is 6.70. The molecule has 0 aliphatic heterocycles. The van der Waals surface area contributed by atoms with Crippen molar-refractivity contribution < 1.29 is 24.2 Å². The lowest BCUT2D eigenvalue weighted by Gasteiger charge is -2.14. The molecule has 2 unspecified atom stereocenters. The maximum absolute atomic E-state index is 11.3. The van der Waals surface area contributed by atoms with Gasteiger partial charge in [0.25, 0.3) is 0 Å². The number of methoxy groups -OCH3 is 1. The molecular weight excluding hydrogens is 200 g/mol. The summed E-state index contributed by atoms with van der Waals surface area (Å²) in [7, 11) is 1.21. The number of hydrogen-bond acceptors (Lipinski definition) is 5. The highest BCUT2D eigenvalue weighted by atomic mass is 16.5. The van der Waals surface area contributed by atoms with Gasteiger partial charge in [-0.3, -0.25) is 9.59 Å². The van der Waals surface area contributed by atoms with Crippen molar-refractivity contribution in [2.45, 2.75) is 32.8 Å². The van der Waals surface area contributed by atoms with Crippen LogP contribution in [0, 0.1) is 5.92 Å². The van der Waals surface area contributed by atoms with Gasteiger partial charge in [-0.25, -0.2) is 0 Å². The Balaban J connectivity index is 4.07. The lowest BCUT2D eigenvalue weighted by molar-refractivity contribution is -0.157. The molecule has 0 fully saturated rings. The van der Waals surface area contributed by atoms with Crippen molar-refractivity contribution in [3.63, 3.8) is 0 Å². The van der Waals surface area contributed by atoms with Crippen LogP contribution in [0.3, 0.4) is 0 Å². The van der Waals surface area contributed by atoms with E-state index < -0.39 is 24.5 Å². The lowest BCUT2D eigenvalue weighted by Crippen LogP contribution is -2.25. The fraction of sp³-hybridized carbons (Fsp3) is 0.800. The Labute approximate surface area is 89.4 Å². The van der Waals surface area contributed by atoms with Gasteiger partial charge in [0, 0.05) is 0 Å². The van der Waals surface area contributed by atoms with Crippen molar-refractivity contribution in [1.29, 1.82) is 0 Å². The number of ether oxygens (including phenoxy) is 2. The van der Waals surface area contributed by atoms with Crippen molar-refractivity contribution in [2.75, 3.05) is 13.7 Å². The maximum atomic E-state index is 11.3. The van der Waals surface area contributed by atoms with Crippen molar-refractivity contribution >= 4 is 11.9 Å². The van der Waals surface area contributed by atoms with Crippen LogP contribution in [-0.2, 0) is 19.1 Å². The second kappa shape index (κ2) is 7.23. The molecule has 0 aliphatic carbocycles. The van der Waals surface area contributed by atoms with Gasteiger partial charge in [-0.15, -0.1) is 0 Å². The zero-order valence-electron chi connectivity index (χ0n) is 9.36. The monoisotopic (exact) mass is 218 g/mol. The van der Waals surface area contributed by atoms with Crippen LogP contribution in [0.15, 0.2) is 0 Å². The molecule has 2 atom stereocenters. The Morgan fingerprint density at radius 3 is 2.40 bits per heavy atom. The molecule has 5 heteroatoms. The first kappa shape index (κ1) is 13.9. The number of esters is 2. The highest BCUT2D eigenvalue weighted by molar-refractivity contribution is 5.80. The van der Waals surface area contributed by atoms with E-state index in [9.17, 15) is 9.59 Å². The van der Waals surface area contributed by atoms with Gasteiger partial charge < -0.3 is 14.6 Å². The molecule has 0 heterocycles. The highest BCUT2D eigenvalue weighted by Gasteiger charge is 2.23. The molecular formula is C10H18O5. The Morgan fingerprint density at radius 1 is 1.40 bits per heavy atom. The normalized spacial score (nSPS) is 14.1. The SMILES string of the molecule is CCC(C)OC(=O)CC(CO)C(=O)OC. The zero-order chi connectivity index (χ0) is 11.8. The molecule has 0 saturated heterocycles. The fourth-order valence-electron chi connectivity index (χ4n) is 0.946. The summed E-state index contributed by atoms with van der Waals surface area (Å²) in [6.45, 7) is 3.24. The minimum absolute atomic E-state index is 0.145. The van der Waals surface area contributed by atoms with Crippen molar-refractivity contribution in [3.8, 4) is 0 Å². The maximum Gasteiger partial charge on any atom is 0.311 e. The van der Waals surface area contributed by atoms with E-state index in [1.807, 2.05) is 6.92 Å². The van der Waals surface area contributed by atoms with Gasteiger partial charge in [0.15, 0.2) is 0 Å². The largest absolute Gasteiger partial charge is 0.469 e. The van der Waals surface area contributed by atoms with E-state index in [1.54, 1.807) is 6.92 Å². The zero-order valence-corrected chi connectivity index (χ0v) is 9.36. The number of carbonyl (C=O) groups excluding carboxylic acids is 2. The van der Waals surface area contributed by atoms with Crippen LogP contribution in [-0.4, -0.2) is 36.9 Å². The molecule has 0 radical (unpaired) electrons. The van der Waals surface area contributed by atoms with Gasteiger partial charge in [-0.1, -0.05) is 6.92 Å². The van der Waals surface area contributed by atoms with Gasteiger partial charge in [0.2, 0.25) is 0 Å².